The molecule has 0 atom stereocenters. The number of rotatable bonds is 5. The Labute approximate surface area is 170 Å². The zero-order chi connectivity index (χ0) is 22.0. The minimum Gasteiger partial charge on any atom is -0.484 e. The Morgan fingerprint density at radius 2 is 1.37 bits per heavy atom. The molecule has 0 saturated carbocycles. The number of hydrogen-bond acceptors (Lipinski definition) is 3. The summed E-state index contributed by atoms with van der Waals surface area (Å²) in [5, 5.41) is 0. The lowest BCUT2D eigenvalue weighted by molar-refractivity contribution is -0.133. The number of nitrogens with zero attached hydrogens (tertiary/aromatic N) is 2. The molecule has 0 bridgehead atoms. The first-order valence-electron chi connectivity index (χ1n) is 9.47. The maximum atomic E-state index is 14.0. The zero-order valence-corrected chi connectivity index (χ0v) is 16.5. The highest BCUT2D eigenvalue weighted by atomic mass is 19.2. The number of carbonyl (C=O) groups is 1. The number of amides is 1. The lowest BCUT2D eigenvalue weighted by Gasteiger charge is -2.36. The highest BCUT2D eigenvalue weighted by molar-refractivity contribution is 5.78. The quantitative estimate of drug-likeness (QED) is 0.406. The van der Waals surface area contributed by atoms with E-state index in [2.05, 4.69) is 13.8 Å². The molecule has 162 valence electrons. The molecule has 1 heterocycles. The highest BCUT2D eigenvalue weighted by Crippen LogP contribution is 2.30. The first kappa shape index (κ1) is 21.9. The summed E-state index contributed by atoms with van der Waals surface area (Å²) in [5.74, 6) is -9.35. The second-order valence-electron chi connectivity index (χ2n) is 7.30. The van der Waals surface area contributed by atoms with Gasteiger partial charge >= 0.3 is 0 Å². The molecule has 1 amide bonds. The van der Waals surface area contributed by atoms with Crippen molar-refractivity contribution in [2.24, 2.45) is 0 Å². The molecule has 2 aromatic rings. The number of carbonyl (C=O) groups excluding carboxylic acids is 1. The van der Waals surface area contributed by atoms with Crippen molar-refractivity contribution in [1.29, 1.82) is 0 Å². The largest absolute Gasteiger partial charge is 0.484 e. The SMILES string of the molecule is CC(C)c1ccc(OCC(=O)N2CCN(c3c(F)c(F)c(F)c(F)c3F)CC2)cc1. The Balaban J connectivity index is 1.58. The van der Waals surface area contributed by atoms with Crippen molar-refractivity contribution >= 4 is 11.6 Å². The number of benzene rings is 2. The Morgan fingerprint density at radius 3 is 1.87 bits per heavy atom. The Bertz CT molecular complexity index is 897. The summed E-state index contributed by atoms with van der Waals surface area (Å²) in [6.45, 7) is 3.88. The number of hydrogen-bond donors (Lipinski definition) is 0. The fraction of sp³-hybridized carbons (Fsp3) is 0.381. The van der Waals surface area contributed by atoms with Gasteiger partial charge in [-0.05, 0) is 23.6 Å². The monoisotopic (exact) mass is 428 g/mol. The van der Waals surface area contributed by atoms with Crippen molar-refractivity contribution in [2.75, 3.05) is 37.7 Å². The minimum absolute atomic E-state index is 0.0635. The van der Waals surface area contributed by atoms with Gasteiger partial charge in [-0.3, -0.25) is 4.79 Å². The molecule has 0 spiro atoms. The van der Waals surface area contributed by atoms with E-state index in [-0.39, 0.29) is 38.7 Å². The van der Waals surface area contributed by atoms with Gasteiger partial charge < -0.3 is 14.5 Å². The second-order valence-corrected chi connectivity index (χ2v) is 7.30. The van der Waals surface area contributed by atoms with Crippen molar-refractivity contribution in [2.45, 2.75) is 19.8 Å². The topological polar surface area (TPSA) is 32.8 Å². The van der Waals surface area contributed by atoms with Crippen LogP contribution in [-0.4, -0.2) is 43.6 Å². The van der Waals surface area contributed by atoms with Crippen LogP contribution in [0.3, 0.4) is 0 Å². The Kier molecular flexibility index (Phi) is 6.48. The number of ether oxygens (including phenoxy) is 1. The standard InChI is InChI=1S/C21H21F5N2O2/c1-12(2)13-3-5-14(6-4-13)30-11-15(29)27-7-9-28(10-8-27)21-19(25)17(23)16(22)18(24)20(21)26/h3-6,12H,7-11H2,1-2H3. The second kappa shape index (κ2) is 8.89. The summed E-state index contributed by atoms with van der Waals surface area (Å²) in [6.07, 6.45) is 0. The van der Waals surface area contributed by atoms with Crippen molar-refractivity contribution in [1.82, 2.24) is 4.90 Å². The van der Waals surface area contributed by atoms with Crippen molar-refractivity contribution < 1.29 is 31.5 Å². The van der Waals surface area contributed by atoms with Crippen molar-refractivity contribution in [3.8, 4) is 5.75 Å². The van der Waals surface area contributed by atoms with E-state index in [0.29, 0.717) is 11.7 Å². The van der Waals surface area contributed by atoms with Crippen LogP contribution in [-0.2, 0) is 4.79 Å². The molecule has 1 saturated heterocycles. The lowest BCUT2D eigenvalue weighted by atomic mass is 10.0. The highest BCUT2D eigenvalue weighted by Gasteiger charge is 2.31. The molecular formula is C21H21F5N2O2. The molecule has 1 aliphatic heterocycles. The lowest BCUT2D eigenvalue weighted by Crippen LogP contribution is -2.50. The average molecular weight is 428 g/mol. The van der Waals surface area contributed by atoms with Crippen LogP contribution in [0.15, 0.2) is 24.3 Å². The molecule has 1 aliphatic rings. The zero-order valence-electron chi connectivity index (χ0n) is 16.5. The molecule has 0 aromatic heterocycles. The van der Waals surface area contributed by atoms with Crippen LogP contribution in [0.2, 0.25) is 0 Å². The van der Waals surface area contributed by atoms with E-state index in [4.69, 9.17) is 4.74 Å². The molecule has 1 fully saturated rings. The third-order valence-electron chi connectivity index (χ3n) is 5.04. The third-order valence-corrected chi connectivity index (χ3v) is 5.04. The van der Waals surface area contributed by atoms with E-state index in [9.17, 15) is 26.7 Å². The van der Waals surface area contributed by atoms with Crippen LogP contribution in [0.25, 0.3) is 0 Å². The van der Waals surface area contributed by atoms with E-state index < -0.39 is 34.8 Å². The van der Waals surface area contributed by atoms with Gasteiger partial charge in [-0.2, -0.15) is 0 Å². The fourth-order valence-corrected chi connectivity index (χ4v) is 3.24. The summed E-state index contributed by atoms with van der Waals surface area (Å²) in [6, 6.07) is 7.36. The molecular weight excluding hydrogens is 407 g/mol. The van der Waals surface area contributed by atoms with Gasteiger partial charge in [0.2, 0.25) is 5.82 Å². The Morgan fingerprint density at radius 1 is 0.867 bits per heavy atom. The predicted molar refractivity (Wildman–Crippen MR) is 101 cm³/mol. The predicted octanol–water partition coefficient (Wildman–Crippen LogP) is 4.23. The maximum absolute atomic E-state index is 14.0. The van der Waals surface area contributed by atoms with Gasteiger partial charge in [0.05, 0.1) is 0 Å². The molecule has 3 rings (SSSR count). The number of anilines is 1. The number of halogens is 5. The van der Waals surface area contributed by atoms with Crippen LogP contribution in [0.4, 0.5) is 27.6 Å². The van der Waals surface area contributed by atoms with Crippen molar-refractivity contribution in [3.63, 3.8) is 0 Å². The van der Waals surface area contributed by atoms with Crippen molar-refractivity contribution in [3.05, 3.63) is 58.9 Å². The molecule has 0 N–H and O–H groups in total. The van der Waals surface area contributed by atoms with Gasteiger partial charge in [-0.15, -0.1) is 0 Å². The summed E-state index contributed by atoms with van der Waals surface area (Å²) in [7, 11) is 0. The van der Waals surface area contributed by atoms with E-state index in [1.165, 1.54) is 4.90 Å². The third kappa shape index (κ3) is 4.34. The first-order valence-corrected chi connectivity index (χ1v) is 9.47. The van der Waals surface area contributed by atoms with E-state index in [1.54, 1.807) is 12.1 Å². The van der Waals surface area contributed by atoms with Gasteiger partial charge in [0.25, 0.3) is 5.91 Å². The molecule has 9 heteroatoms. The molecule has 30 heavy (non-hydrogen) atoms. The van der Waals surface area contributed by atoms with Crippen LogP contribution in [0, 0.1) is 29.1 Å². The molecule has 2 aromatic carbocycles. The maximum Gasteiger partial charge on any atom is 0.260 e. The van der Waals surface area contributed by atoms with Crippen LogP contribution < -0.4 is 9.64 Å². The van der Waals surface area contributed by atoms with Crippen LogP contribution in [0.5, 0.6) is 5.75 Å². The molecule has 4 nitrogen and oxygen atoms in total. The minimum atomic E-state index is -2.19. The van der Waals surface area contributed by atoms with Crippen LogP contribution >= 0.6 is 0 Å². The summed E-state index contributed by atoms with van der Waals surface area (Å²) in [5.41, 5.74) is 0.165. The average Bonchev–Trinajstić information content (AvgIpc) is 2.75. The van der Waals surface area contributed by atoms with Crippen LogP contribution in [0.1, 0.15) is 25.3 Å². The molecule has 0 radical (unpaired) electrons. The van der Waals surface area contributed by atoms with E-state index in [1.807, 2.05) is 12.1 Å². The van der Waals surface area contributed by atoms with Gasteiger partial charge in [0, 0.05) is 26.2 Å². The van der Waals surface area contributed by atoms with Gasteiger partial charge in [0.1, 0.15) is 11.4 Å². The van der Waals surface area contributed by atoms with E-state index >= 15 is 0 Å². The fourth-order valence-electron chi connectivity index (χ4n) is 3.24. The summed E-state index contributed by atoms with van der Waals surface area (Å²) < 4.78 is 73.5. The summed E-state index contributed by atoms with van der Waals surface area (Å²) >= 11 is 0. The van der Waals surface area contributed by atoms with E-state index in [0.717, 1.165) is 10.5 Å². The first-order chi connectivity index (χ1) is 14.2. The molecule has 0 unspecified atom stereocenters. The summed E-state index contributed by atoms with van der Waals surface area (Å²) in [4.78, 5) is 14.8. The van der Waals surface area contributed by atoms with Gasteiger partial charge in [0.15, 0.2) is 29.9 Å². The van der Waals surface area contributed by atoms with Gasteiger partial charge in [-0.25, -0.2) is 22.0 Å². The number of piperazine rings is 1. The smallest absolute Gasteiger partial charge is 0.260 e. The van der Waals surface area contributed by atoms with Gasteiger partial charge in [-0.1, -0.05) is 26.0 Å². The normalized spacial score (nSPS) is 14.4. The Hall–Kier alpha value is -2.84. The molecule has 0 aliphatic carbocycles.